The topological polar surface area (TPSA) is 50.5 Å². The van der Waals surface area contributed by atoms with Crippen LogP contribution in [0.2, 0.25) is 10.0 Å². The summed E-state index contributed by atoms with van der Waals surface area (Å²) in [6, 6.07) is 30.3. The molecule has 2 unspecified atom stereocenters. The van der Waals surface area contributed by atoms with E-state index in [1.54, 1.807) is 18.3 Å². The van der Waals surface area contributed by atoms with Crippen LogP contribution in [0.1, 0.15) is 29.1 Å². The summed E-state index contributed by atoms with van der Waals surface area (Å²) in [5.41, 5.74) is 3.70. The van der Waals surface area contributed by atoms with Gasteiger partial charge in [-0.1, -0.05) is 47.0 Å². The zero-order valence-electron chi connectivity index (χ0n) is 20.8. The van der Waals surface area contributed by atoms with E-state index in [4.69, 9.17) is 44.6 Å². The molecule has 0 spiro atoms. The third kappa shape index (κ3) is 5.23. The fourth-order valence-electron chi connectivity index (χ4n) is 4.68. The van der Waals surface area contributed by atoms with Gasteiger partial charge < -0.3 is 19.4 Å². The van der Waals surface area contributed by atoms with Gasteiger partial charge in [-0.25, -0.2) is 0 Å². The molecule has 1 saturated heterocycles. The van der Waals surface area contributed by atoms with E-state index in [9.17, 15) is 0 Å². The Hall–Kier alpha value is -3.84. The number of pyridine rings is 1. The average molecular weight is 573 g/mol. The summed E-state index contributed by atoms with van der Waals surface area (Å²) >= 11 is 18.4. The maximum absolute atomic E-state index is 6.48. The highest BCUT2D eigenvalue weighted by atomic mass is 35.5. The number of thiocarbonyl (C=S) groups is 1. The Balaban J connectivity index is 1.35. The summed E-state index contributed by atoms with van der Waals surface area (Å²) in [7, 11) is 0. The molecule has 0 saturated carbocycles. The van der Waals surface area contributed by atoms with E-state index in [2.05, 4.69) is 15.2 Å². The van der Waals surface area contributed by atoms with Gasteiger partial charge in [0.05, 0.1) is 16.8 Å². The first-order valence-corrected chi connectivity index (χ1v) is 13.5. The number of hydrogen-bond acceptors (Lipinski definition) is 4. The molecule has 2 aromatic heterocycles. The number of ether oxygens (including phenoxy) is 1. The van der Waals surface area contributed by atoms with Gasteiger partial charge >= 0.3 is 0 Å². The Kier molecular flexibility index (Phi) is 7.00. The Morgan fingerprint density at radius 2 is 1.64 bits per heavy atom. The van der Waals surface area contributed by atoms with Gasteiger partial charge in [-0.05, 0) is 98.0 Å². The van der Waals surface area contributed by atoms with Gasteiger partial charge in [0.1, 0.15) is 29.1 Å². The zero-order valence-corrected chi connectivity index (χ0v) is 23.2. The molecule has 2 atom stereocenters. The van der Waals surface area contributed by atoms with Gasteiger partial charge in [-0.3, -0.25) is 4.98 Å². The van der Waals surface area contributed by atoms with E-state index < -0.39 is 0 Å². The zero-order chi connectivity index (χ0) is 26.9. The second-order valence-electron chi connectivity index (χ2n) is 9.23. The van der Waals surface area contributed by atoms with E-state index in [1.165, 1.54) is 5.56 Å². The summed E-state index contributed by atoms with van der Waals surface area (Å²) in [5, 5.41) is 5.12. The molecule has 1 fully saturated rings. The number of nitrogens with one attached hydrogen (secondary N) is 1. The van der Waals surface area contributed by atoms with E-state index >= 15 is 0 Å². The molecule has 0 radical (unpaired) electrons. The number of aryl methyl sites for hydroxylation is 1. The molecular formula is C31H23Cl2N3O2S. The highest BCUT2D eigenvalue weighted by Gasteiger charge is 2.42. The molecule has 1 N–H and O–H groups in total. The molecule has 39 heavy (non-hydrogen) atoms. The minimum absolute atomic E-state index is 0.234. The predicted molar refractivity (Wildman–Crippen MR) is 160 cm³/mol. The number of halogens is 2. The van der Waals surface area contributed by atoms with Crippen LogP contribution in [0.25, 0.3) is 11.3 Å². The summed E-state index contributed by atoms with van der Waals surface area (Å²) in [6.45, 7) is 2.05. The van der Waals surface area contributed by atoms with Crippen molar-refractivity contribution in [2.45, 2.75) is 19.0 Å². The van der Waals surface area contributed by atoms with E-state index in [-0.39, 0.29) is 12.1 Å². The number of anilines is 1. The summed E-state index contributed by atoms with van der Waals surface area (Å²) in [5.74, 6) is 2.88. The monoisotopic (exact) mass is 571 g/mol. The van der Waals surface area contributed by atoms with Crippen LogP contribution in [-0.2, 0) is 0 Å². The van der Waals surface area contributed by atoms with E-state index in [0.29, 0.717) is 20.9 Å². The maximum Gasteiger partial charge on any atom is 0.174 e. The number of aromatic nitrogens is 1. The van der Waals surface area contributed by atoms with Gasteiger partial charge in [0.2, 0.25) is 0 Å². The highest BCUT2D eigenvalue weighted by molar-refractivity contribution is 7.80. The quantitative estimate of drug-likeness (QED) is 0.205. The third-order valence-corrected chi connectivity index (χ3v) is 7.45. The largest absolute Gasteiger partial charge is 0.459 e. The average Bonchev–Trinajstić information content (AvgIpc) is 3.55. The molecule has 1 aliphatic rings. The molecule has 8 heteroatoms. The van der Waals surface area contributed by atoms with Gasteiger partial charge in [0, 0.05) is 22.5 Å². The Bertz CT molecular complexity index is 1620. The van der Waals surface area contributed by atoms with Crippen LogP contribution in [-0.4, -0.2) is 10.1 Å². The number of furan rings is 1. The molecule has 3 heterocycles. The van der Waals surface area contributed by atoms with E-state index in [0.717, 1.165) is 34.2 Å². The Morgan fingerprint density at radius 3 is 2.33 bits per heavy atom. The molecule has 6 rings (SSSR count). The van der Waals surface area contributed by atoms with Crippen molar-refractivity contribution in [3.63, 3.8) is 0 Å². The molecule has 1 aliphatic heterocycles. The summed E-state index contributed by atoms with van der Waals surface area (Å²) in [6.07, 6.45) is 1.78. The van der Waals surface area contributed by atoms with Gasteiger partial charge in [-0.15, -0.1) is 0 Å². The van der Waals surface area contributed by atoms with Crippen molar-refractivity contribution >= 4 is 46.2 Å². The summed E-state index contributed by atoms with van der Waals surface area (Å²) < 4.78 is 12.5. The van der Waals surface area contributed by atoms with Crippen LogP contribution in [0.5, 0.6) is 11.5 Å². The van der Waals surface area contributed by atoms with Gasteiger partial charge in [0.25, 0.3) is 0 Å². The number of hydrogen-bond donors (Lipinski definition) is 1. The lowest BCUT2D eigenvalue weighted by molar-refractivity contribution is 0.439. The molecule has 194 valence electrons. The van der Waals surface area contributed by atoms with Crippen LogP contribution in [0.15, 0.2) is 108 Å². The second-order valence-corrected chi connectivity index (χ2v) is 10.5. The molecule has 0 aliphatic carbocycles. The lowest BCUT2D eigenvalue weighted by Gasteiger charge is -2.26. The standard InChI is InChI=1S/C31H23Cl2N3O2S/c1-19-5-10-22(11-6-19)37-23-12-8-21(9-13-23)36-30(29(35-31(36)39)26-4-2-3-17-34-26)28-16-15-27(38-28)24-14-7-20(32)18-25(24)33/h2-18,29-30H,1H3,(H,35,39). The first-order valence-electron chi connectivity index (χ1n) is 12.4. The van der Waals surface area contributed by atoms with Crippen LogP contribution in [0.3, 0.4) is 0 Å². The lowest BCUT2D eigenvalue weighted by Crippen LogP contribution is -2.29. The SMILES string of the molecule is Cc1ccc(Oc2ccc(N3C(=S)NC(c4ccccn4)C3c3ccc(-c4ccc(Cl)cc4Cl)o3)cc2)cc1. The third-order valence-electron chi connectivity index (χ3n) is 6.58. The van der Waals surface area contributed by atoms with Crippen molar-refractivity contribution in [2.24, 2.45) is 0 Å². The predicted octanol–water partition coefficient (Wildman–Crippen LogP) is 8.93. The van der Waals surface area contributed by atoms with Crippen LogP contribution in [0.4, 0.5) is 5.69 Å². The van der Waals surface area contributed by atoms with Crippen molar-refractivity contribution in [3.8, 4) is 22.8 Å². The molecule has 5 aromatic rings. The number of benzene rings is 3. The first kappa shape index (κ1) is 25.4. The van der Waals surface area contributed by atoms with Crippen molar-refractivity contribution in [2.75, 3.05) is 4.90 Å². The molecular weight excluding hydrogens is 549 g/mol. The van der Waals surface area contributed by atoms with Crippen LogP contribution < -0.4 is 15.0 Å². The Labute approximate surface area is 242 Å². The summed E-state index contributed by atoms with van der Waals surface area (Å²) in [4.78, 5) is 6.66. The molecule has 0 amide bonds. The lowest BCUT2D eigenvalue weighted by atomic mass is 10.0. The number of rotatable bonds is 6. The number of nitrogens with zero attached hydrogens (tertiary/aromatic N) is 2. The van der Waals surface area contributed by atoms with Gasteiger partial charge in [-0.2, -0.15) is 0 Å². The van der Waals surface area contributed by atoms with Crippen molar-refractivity contribution in [1.29, 1.82) is 0 Å². The first-order chi connectivity index (χ1) is 19.0. The Morgan fingerprint density at radius 1 is 0.897 bits per heavy atom. The maximum atomic E-state index is 6.48. The van der Waals surface area contributed by atoms with Crippen LogP contribution >= 0.6 is 35.4 Å². The highest BCUT2D eigenvalue weighted by Crippen LogP contribution is 2.44. The fourth-order valence-corrected chi connectivity index (χ4v) is 5.53. The molecule has 0 bridgehead atoms. The van der Waals surface area contributed by atoms with E-state index in [1.807, 2.05) is 91.9 Å². The van der Waals surface area contributed by atoms with Crippen molar-refractivity contribution < 1.29 is 9.15 Å². The normalized spacial score (nSPS) is 16.8. The smallest absolute Gasteiger partial charge is 0.174 e. The minimum Gasteiger partial charge on any atom is -0.459 e. The minimum atomic E-state index is -0.295. The van der Waals surface area contributed by atoms with Crippen molar-refractivity contribution in [1.82, 2.24) is 10.3 Å². The van der Waals surface area contributed by atoms with Crippen molar-refractivity contribution in [3.05, 3.63) is 130 Å². The molecule has 3 aromatic carbocycles. The second kappa shape index (κ2) is 10.7. The van der Waals surface area contributed by atoms with Gasteiger partial charge in [0.15, 0.2) is 5.11 Å². The molecule has 5 nitrogen and oxygen atoms in total. The fraction of sp³-hybridized carbons (Fsp3) is 0.0968. The van der Waals surface area contributed by atoms with Crippen LogP contribution in [0, 0.1) is 6.92 Å².